The van der Waals surface area contributed by atoms with Gasteiger partial charge in [-0.25, -0.2) is 0 Å². The molecule has 0 radical (unpaired) electrons. The zero-order valence-electron chi connectivity index (χ0n) is 14.7. The highest BCUT2D eigenvalue weighted by Crippen LogP contribution is 2.19. The number of hydrogen-bond donors (Lipinski definition) is 0. The normalized spacial score (nSPS) is 21.3. The topological polar surface area (TPSA) is 83.3 Å². The largest absolute Gasteiger partial charge is 0.466 e. The molecule has 1 aromatic heterocycles. The zero-order chi connectivity index (χ0) is 18.0. The Labute approximate surface area is 148 Å². The van der Waals surface area contributed by atoms with Crippen molar-refractivity contribution in [3.05, 3.63) is 23.2 Å². The lowest BCUT2D eigenvalue weighted by Gasteiger charge is -2.31. The molecule has 2 aliphatic rings. The number of rotatable bonds is 3. The van der Waals surface area contributed by atoms with Crippen molar-refractivity contribution in [2.24, 2.45) is 0 Å². The first kappa shape index (κ1) is 18.4. The standard InChI is InChI=1S/C16H25N3O5S/c1-13-12-15(14(2)24-13)16(20)17-4-3-5-18(7-6-17)25(21,22)19-8-10-23-11-9-19/h12H,3-11H2,1-2H3. The SMILES string of the molecule is Cc1cc(C(=O)N2CCCN(S(=O)(=O)N3CCOCC3)CC2)c(C)o1. The number of furan rings is 1. The summed E-state index contributed by atoms with van der Waals surface area (Å²) in [7, 11) is -3.50. The second-order valence-corrected chi connectivity index (χ2v) is 8.32. The van der Waals surface area contributed by atoms with Gasteiger partial charge in [-0.1, -0.05) is 0 Å². The molecule has 140 valence electrons. The molecule has 0 saturated carbocycles. The van der Waals surface area contributed by atoms with Gasteiger partial charge >= 0.3 is 0 Å². The Balaban J connectivity index is 1.67. The molecular formula is C16H25N3O5S. The third-order valence-electron chi connectivity index (χ3n) is 4.64. The summed E-state index contributed by atoms with van der Waals surface area (Å²) in [5, 5.41) is 0. The minimum absolute atomic E-state index is 0.0972. The third kappa shape index (κ3) is 3.89. The number of ether oxygens (including phenoxy) is 1. The van der Waals surface area contributed by atoms with Gasteiger partial charge in [-0.3, -0.25) is 4.79 Å². The molecule has 9 heteroatoms. The maximum Gasteiger partial charge on any atom is 0.282 e. The van der Waals surface area contributed by atoms with Gasteiger partial charge in [0.25, 0.3) is 16.1 Å². The van der Waals surface area contributed by atoms with Crippen LogP contribution in [0.15, 0.2) is 10.5 Å². The van der Waals surface area contributed by atoms with Crippen LogP contribution in [0.1, 0.15) is 28.3 Å². The molecule has 0 spiro atoms. The van der Waals surface area contributed by atoms with Crippen molar-refractivity contribution in [3.8, 4) is 0 Å². The Kier molecular flexibility index (Phi) is 5.47. The average Bonchev–Trinajstić information content (AvgIpc) is 2.79. The number of hydrogen-bond acceptors (Lipinski definition) is 5. The Hall–Kier alpha value is -1.42. The summed E-state index contributed by atoms with van der Waals surface area (Å²) in [6.07, 6.45) is 0.616. The fourth-order valence-corrected chi connectivity index (χ4v) is 4.89. The monoisotopic (exact) mass is 371 g/mol. The molecule has 0 bridgehead atoms. The number of carbonyl (C=O) groups excluding carboxylic acids is 1. The van der Waals surface area contributed by atoms with E-state index in [9.17, 15) is 13.2 Å². The second kappa shape index (κ2) is 7.45. The van der Waals surface area contributed by atoms with Crippen LogP contribution in [0.4, 0.5) is 0 Å². The van der Waals surface area contributed by atoms with E-state index in [1.54, 1.807) is 17.9 Å². The predicted octanol–water partition coefficient (Wildman–Crippen LogP) is 0.621. The highest BCUT2D eigenvalue weighted by Gasteiger charge is 2.33. The van der Waals surface area contributed by atoms with Gasteiger partial charge in [0.15, 0.2) is 0 Å². The maximum atomic E-state index is 12.8. The van der Waals surface area contributed by atoms with E-state index in [0.717, 1.165) is 0 Å². The fraction of sp³-hybridized carbons (Fsp3) is 0.688. The van der Waals surface area contributed by atoms with Gasteiger partial charge in [-0.05, 0) is 26.3 Å². The van der Waals surface area contributed by atoms with Crippen molar-refractivity contribution in [1.29, 1.82) is 0 Å². The van der Waals surface area contributed by atoms with Gasteiger partial charge < -0.3 is 14.1 Å². The molecule has 2 fully saturated rings. The van der Waals surface area contributed by atoms with Crippen LogP contribution in [0, 0.1) is 13.8 Å². The third-order valence-corrected chi connectivity index (χ3v) is 6.67. The van der Waals surface area contributed by atoms with E-state index in [-0.39, 0.29) is 5.91 Å². The smallest absolute Gasteiger partial charge is 0.282 e. The van der Waals surface area contributed by atoms with E-state index in [0.29, 0.717) is 76.0 Å². The Morgan fingerprint density at radius 2 is 1.68 bits per heavy atom. The molecule has 1 amide bonds. The van der Waals surface area contributed by atoms with Crippen LogP contribution in [0.25, 0.3) is 0 Å². The number of morpholine rings is 1. The summed E-state index contributed by atoms with van der Waals surface area (Å²) in [6, 6.07) is 1.74. The molecule has 3 rings (SSSR count). The summed E-state index contributed by atoms with van der Waals surface area (Å²) in [4.78, 5) is 14.4. The van der Waals surface area contributed by atoms with E-state index in [1.807, 2.05) is 6.92 Å². The van der Waals surface area contributed by atoms with Crippen molar-refractivity contribution in [2.45, 2.75) is 20.3 Å². The summed E-state index contributed by atoms with van der Waals surface area (Å²) in [5.41, 5.74) is 0.557. The number of amides is 1. The minimum Gasteiger partial charge on any atom is -0.466 e. The van der Waals surface area contributed by atoms with Crippen molar-refractivity contribution in [3.63, 3.8) is 0 Å². The van der Waals surface area contributed by atoms with Crippen molar-refractivity contribution >= 4 is 16.1 Å². The molecule has 2 saturated heterocycles. The Bertz CT molecular complexity index is 724. The van der Waals surface area contributed by atoms with Crippen LogP contribution < -0.4 is 0 Å². The molecule has 25 heavy (non-hydrogen) atoms. The van der Waals surface area contributed by atoms with Crippen LogP contribution in [0.3, 0.4) is 0 Å². The van der Waals surface area contributed by atoms with Crippen LogP contribution in [0.2, 0.25) is 0 Å². The average molecular weight is 371 g/mol. The van der Waals surface area contributed by atoms with E-state index in [1.165, 1.54) is 8.61 Å². The molecule has 0 aliphatic carbocycles. The lowest BCUT2D eigenvalue weighted by molar-refractivity contribution is 0.0700. The van der Waals surface area contributed by atoms with Crippen molar-refractivity contribution in [2.75, 3.05) is 52.5 Å². The highest BCUT2D eigenvalue weighted by molar-refractivity contribution is 7.86. The van der Waals surface area contributed by atoms with Crippen LogP contribution >= 0.6 is 0 Å². The first-order chi connectivity index (χ1) is 11.9. The first-order valence-corrected chi connectivity index (χ1v) is 9.98. The molecule has 8 nitrogen and oxygen atoms in total. The molecule has 3 heterocycles. The molecular weight excluding hydrogens is 346 g/mol. The maximum absolute atomic E-state index is 12.8. The van der Waals surface area contributed by atoms with Gasteiger partial charge in [0.2, 0.25) is 0 Å². The lowest BCUT2D eigenvalue weighted by Crippen LogP contribution is -2.49. The second-order valence-electron chi connectivity index (χ2n) is 6.39. The van der Waals surface area contributed by atoms with Gasteiger partial charge in [0.05, 0.1) is 18.8 Å². The first-order valence-electron chi connectivity index (χ1n) is 8.59. The minimum atomic E-state index is -3.50. The molecule has 1 aromatic rings. The van der Waals surface area contributed by atoms with Crippen LogP contribution in [-0.2, 0) is 14.9 Å². The summed E-state index contributed by atoms with van der Waals surface area (Å²) in [5.74, 6) is 1.21. The van der Waals surface area contributed by atoms with Gasteiger partial charge in [-0.2, -0.15) is 17.0 Å². The van der Waals surface area contributed by atoms with E-state index < -0.39 is 10.2 Å². The van der Waals surface area contributed by atoms with Gasteiger partial charge in [0.1, 0.15) is 11.5 Å². The van der Waals surface area contributed by atoms with Gasteiger partial charge in [0, 0.05) is 39.3 Å². The molecule has 0 atom stereocenters. The molecule has 0 N–H and O–H groups in total. The molecule has 2 aliphatic heterocycles. The van der Waals surface area contributed by atoms with Crippen LogP contribution in [0.5, 0.6) is 0 Å². The predicted molar refractivity (Wildman–Crippen MR) is 91.6 cm³/mol. The van der Waals surface area contributed by atoms with Crippen LogP contribution in [-0.4, -0.2) is 80.3 Å². The number of nitrogens with zero attached hydrogens (tertiary/aromatic N) is 3. The molecule has 0 unspecified atom stereocenters. The Morgan fingerprint density at radius 1 is 1.00 bits per heavy atom. The van der Waals surface area contributed by atoms with Crippen molar-refractivity contribution < 1.29 is 22.4 Å². The fourth-order valence-electron chi connectivity index (χ4n) is 3.28. The lowest BCUT2D eigenvalue weighted by atomic mass is 10.2. The Morgan fingerprint density at radius 3 is 2.32 bits per heavy atom. The summed E-state index contributed by atoms with van der Waals surface area (Å²) < 4.78 is 39.2. The van der Waals surface area contributed by atoms with Crippen molar-refractivity contribution in [1.82, 2.24) is 13.5 Å². The van der Waals surface area contributed by atoms with E-state index in [2.05, 4.69) is 0 Å². The number of aryl methyl sites for hydroxylation is 2. The summed E-state index contributed by atoms with van der Waals surface area (Å²) >= 11 is 0. The quantitative estimate of drug-likeness (QED) is 0.778. The zero-order valence-corrected chi connectivity index (χ0v) is 15.5. The highest BCUT2D eigenvalue weighted by atomic mass is 32.2. The number of carbonyl (C=O) groups is 1. The molecule has 0 aromatic carbocycles. The summed E-state index contributed by atoms with van der Waals surface area (Å²) in [6.45, 7) is 6.85. The van der Waals surface area contributed by atoms with E-state index in [4.69, 9.17) is 9.15 Å². The van der Waals surface area contributed by atoms with E-state index >= 15 is 0 Å². The van der Waals surface area contributed by atoms with Gasteiger partial charge in [-0.15, -0.1) is 0 Å².